The molecule has 1 nitrogen and oxygen atoms in total. The SMILES string of the molecule is C1CC(C2CCC2C2(C3CCC3)OC(C3CCC3)(C3CCC3)C2(C2CCC2)C2CCC2)C1. The maximum absolute atomic E-state index is 8.11. The third-order valence-electron chi connectivity index (χ3n) is 13.9. The number of rotatable bonds is 7. The summed E-state index contributed by atoms with van der Waals surface area (Å²) in [6, 6.07) is 0. The van der Waals surface area contributed by atoms with Crippen molar-refractivity contribution in [1.29, 1.82) is 0 Å². The Hall–Kier alpha value is -0.0400. The fourth-order valence-corrected chi connectivity index (χ4v) is 11.3. The van der Waals surface area contributed by atoms with Gasteiger partial charge in [-0.2, -0.15) is 0 Å². The van der Waals surface area contributed by atoms with E-state index >= 15 is 0 Å². The Morgan fingerprint density at radius 2 is 0.844 bits per heavy atom. The third-order valence-corrected chi connectivity index (χ3v) is 13.9. The van der Waals surface area contributed by atoms with Crippen LogP contribution in [0.2, 0.25) is 0 Å². The highest BCUT2D eigenvalue weighted by Gasteiger charge is 2.87. The Labute approximate surface area is 197 Å². The highest BCUT2D eigenvalue weighted by atomic mass is 16.6. The summed E-state index contributed by atoms with van der Waals surface area (Å²) >= 11 is 0. The van der Waals surface area contributed by atoms with E-state index in [1.165, 1.54) is 83.5 Å². The van der Waals surface area contributed by atoms with E-state index < -0.39 is 0 Å². The molecule has 1 heteroatoms. The molecule has 0 spiro atoms. The zero-order valence-electron chi connectivity index (χ0n) is 20.7. The summed E-state index contributed by atoms with van der Waals surface area (Å²) in [7, 11) is 0. The van der Waals surface area contributed by atoms with Gasteiger partial charge in [-0.3, -0.25) is 0 Å². The molecule has 3 unspecified atom stereocenters. The summed E-state index contributed by atoms with van der Waals surface area (Å²) in [4.78, 5) is 0. The monoisotopic (exact) mass is 436 g/mol. The van der Waals surface area contributed by atoms with Crippen molar-refractivity contribution in [1.82, 2.24) is 0 Å². The molecular weight excluding hydrogens is 388 g/mol. The summed E-state index contributed by atoms with van der Waals surface area (Å²) in [6.45, 7) is 0. The summed E-state index contributed by atoms with van der Waals surface area (Å²) in [5, 5.41) is 0. The number of ether oxygens (including phenoxy) is 1. The van der Waals surface area contributed by atoms with Gasteiger partial charge in [-0.15, -0.1) is 0 Å². The fraction of sp³-hybridized carbons (Fsp3) is 1.00. The molecule has 8 aliphatic rings. The van der Waals surface area contributed by atoms with Gasteiger partial charge in [-0.1, -0.05) is 51.4 Å². The van der Waals surface area contributed by atoms with Gasteiger partial charge in [-0.05, 0) is 124 Å². The minimum Gasteiger partial charge on any atom is -0.366 e. The van der Waals surface area contributed by atoms with Crippen LogP contribution in [0, 0.1) is 52.8 Å². The molecule has 3 atom stereocenters. The van der Waals surface area contributed by atoms with Crippen LogP contribution < -0.4 is 0 Å². The third kappa shape index (κ3) is 2.12. The molecular formula is C31H48O. The largest absolute Gasteiger partial charge is 0.366 e. The van der Waals surface area contributed by atoms with Crippen LogP contribution >= 0.6 is 0 Å². The van der Waals surface area contributed by atoms with Crippen LogP contribution in [-0.4, -0.2) is 11.2 Å². The maximum atomic E-state index is 8.11. The standard InChI is InChI=1S/C31H48O/c1-7-21(8-1)27-19-20-28(27)31(26-17-6-18-26)29(22-9-2-10-22,23-11-3-12-23)30(32-31,24-13-4-14-24)25-15-5-16-25/h21-28H,1-20H2. The lowest BCUT2D eigenvalue weighted by molar-refractivity contribution is -0.506. The Balaban J connectivity index is 1.30. The number of hydrogen-bond donors (Lipinski definition) is 0. The van der Waals surface area contributed by atoms with Crippen LogP contribution in [0.1, 0.15) is 128 Å². The predicted octanol–water partition coefficient (Wildman–Crippen LogP) is 8.31. The second kappa shape index (κ2) is 7.01. The van der Waals surface area contributed by atoms with Crippen LogP contribution in [0.3, 0.4) is 0 Å². The van der Waals surface area contributed by atoms with E-state index in [1.807, 2.05) is 0 Å². The highest BCUT2D eigenvalue weighted by Crippen LogP contribution is 2.84. The van der Waals surface area contributed by atoms with Crippen LogP contribution in [-0.2, 0) is 4.74 Å². The van der Waals surface area contributed by atoms with Gasteiger partial charge in [-0.25, -0.2) is 0 Å². The first-order valence-electron chi connectivity index (χ1n) is 15.5. The van der Waals surface area contributed by atoms with Crippen molar-refractivity contribution in [2.45, 2.75) is 140 Å². The normalized spacial score (nSPS) is 44.6. The maximum Gasteiger partial charge on any atom is 0.0838 e. The Morgan fingerprint density at radius 3 is 1.16 bits per heavy atom. The molecule has 0 aromatic heterocycles. The molecule has 178 valence electrons. The first-order chi connectivity index (χ1) is 15.8. The van der Waals surface area contributed by atoms with Crippen molar-refractivity contribution < 1.29 is 4.74 Å². The van der Waals surface area contributed by atoms with Crippen LogP contribution in [0.5, 0.6) is 0 Å². The molecule has 1 heterocycles. The van der Waals surface area contributed by atoms with E-state index in [1.54, 1.807) is 44.9 Å². The van der Waals surface area contributed by atoms with Gasteiger partial charge >= 0.3 is 0 Å². The second-order valence-corrected chi connectivity index (χ2v) is 14.2. The summed E-state index contributed by atoms with van der Waals surface area (Å²) in [5.41, 5.74) is 1.25. The Morgan fingerprint density at radius 1 is 0.406 bits per heavy atom. The Bertz CT molecular complexity index is 704. The molecule has 8 rings (SSSR count). The second-order valence-electron chi connectivity index (χ2n) is 14.2. The lowest BCUT2D eigenvalue weighted by atomic mass is 9.27. The first-order valence-corrected chi connectivity index (χ1v) is 15.5. The van der Waals surface area contributed by atoms with Crippen molar-refractivity contribution >= 4 is 0 Å². The van der Waals surface area contributed by atoms with Crippen molar-refractivity contribution in [3.05, 3.63) is 0 Å². The predicted molar refractivity (Wildman–Crippen MR) is 129 cm³/mol. The van der Waals surface area contributed by atoms with Gasteiger partial charge in [0.05, 0.1) is 11.2 Å². The van der Waals surface area contributed by atoms with Crippen molar-refractivity contribution in [3.63, 3.8) is 0 Å². The summed E-state index contributed by atoms with van der Waals surface area (Å²) < 4.78 is 8.11. The molecule has 32 heavy (non-hydrogen) atoms. The molecule has 0 bridgehead atoms. The van der Waals surface area contributed by atoms with Gasteiger partial charge < -0.3 is 4.74 Å². The van der Waals surface area contributed by atoms with E-state index in [2.05, 4.69) is 0 Å². The average molecular weight is 437 g/mol. The van der Waals surface area contributed by atoms with Gasteiger partial charge in [0.2, 0.25) is 0 Å². The summed E-state index contributed by atoms with van der Waals surface area (Å²) in [5.74, 6) is 7.95. The topological polar surface area (TPSA) is 9.23 Å². The average Bonchev–Trinajstić information content (AvgIpc) is 2.47. The molecule has 0 radical (unpaired) electrons. The zero-order chi connectivity index (χ0) is 21.0. The molecule has 8 fully saturated rings. The smallest absolute Gasteiger partial charge is 0.0838 e. The van der Waals surface area contributed by atoms with E-state index in [-0.39, 0.29) is 0 Å². The van der Waals surface area contributed by atoms with E-state index in [9.17, 15) is 0 Å². The van der Waals surface area contributed by atoms with Crippen molar-refractivity contribution in [2.24, 2.45) is 52.8 Å². The first kappa shape index (κ1) is 20.2. The van der Waals surface area contributed by atoms with Crippen LogP contribution in [0.15, 0.2) is 0 Å². The quantitative estimate of drug-likeness (QED) is 0.390. The minimum atomic E-state index is 0.325. The van der Waals surface area contributed by atoms with E-state index in [0.29, 0.717) is 16.6 Å². The lowest BCUT2D eigenvalue weighted by Gasteiger charge is -2.87. The Kier molecular flexibility index (Phi) is 4.42. The van der Waals surface area contributed by atoms with Crippen LogP contribution in [0.25, 0.3) is 0 Å². The molecule has 7 aliphatic carbocycles. The minimum absolute atomic E-state index is 0.325. The number of hydrogen-bond acceptors (Lipinski definition) is 1. The molecule has 1 saturated heterocycles. The summed E-state index contributed by atoms with van der Waals surface area (Å²) in [6.07, 6.45) is 30.6. The van der Waals surface area contributed by atoms with Gasteiger partial charge in [0.15, 0.2) is 0 Å². The molecule has 0 aromatic carbocycles. The molecule has 7 saturated carbocycles. The lowest BCUT2D eigenvalue weighted by Crippen LogP contribution is -2.91. The molecule has 0 aromatic rings. The van der Waals surface area contributed by atoms with Gasteiger partial charge in [0.1, 0.15) is 0 Å². The van der Waals surface area contributed by atoms with Crippen molar-refractivity contribution in [3.8, 4) is 0 Å². The molecule has 0 N–H and O–H groups in total. The van der Waals surface area contributed by atoms with Crippen molar-refractivity contribution in [2.75, 3.05) is 0 Å². The zero-order valence-corrected chi connectivity index (χ0v) is 20.7. The molecule has 1 aliphatic heterocycles. The van der Waals surface area contributed by atoms with E-state index in [0.717, 1.165) is 47.3 Å². The fourth-order valence-electron chi connectivity index (χ4n) is 11.3. The van der Waals surface area contributed by atoms with E-state index in [4.69, 9.17) is 4.74 Å². The van der Waals surface area contributed by atoms with Crippen LogP contribution in [0.4, 0.5) is 0 Å². The van der Waals surface area contributed by atoms with Gasteiger partial charge in [0.25, 0.3) is 0 Å². The molecule has 0 amide bonds. The highest BCUT2D eigenvalue weighted by molar-refractivity contribution is 5.34. The van der Waals surface area contributed by atoms with Gasteiger partial charge in [0, 0.05) is 5.41 Å².